The summed E-state index contributed by atoms with van der Waals surface area (Å²) in [4.78, 5) is 0. The van der Waals surface area contributed by atoms with Gasteiger partial charge in [0.25, 0.3) is 0 Å². The molecule has 1 heterocycles. The molecule has 0 aliphatic carbocycles. The van der Waals surface area contributed by atoms with Crippen LogP contribution >= 0.6 is 0 Å². The molecule has 13 heavy (non-hydrogen) atoms. The Bertz CT molecular complexity index is 305. The number of aryl methyl sites for hydroxylation is 1. The molecule has 2 rings (SSSR count). The van der Waals surface area contributed by atoms with Gasteiger partial charge in [-0.3, -0.25) is 0 Å². The van der Waals surface area contributed by atoms with Crippen LogP contribution < -0.4 is 5.32 Å². The molecule has 2 N–H and O–H groups in total. The van der Waals surface area contributed by atoms with Crippen LogP contribution in [0.4, 0.5) is 0 Å². The maximum atomic E-state index is 9.18. The van der Waals surface area contributed by atoms with Crippen LogP contribution in [0.15, 0.2) is 18.2 Å². The SMILES string of the molecule is Cc1cccc(CO)c1C1CCN1. The van der Waals surface area contributed by atoms with E-state index in [1.165, 1.54) is 17.5 Å². The van der Waals surface area contributed by atoms with E-state index in [0.717, 1.165) is 12.1 Å². The first-order chi connectivity index (χ1) is 6.33. The fourth-order valence-corrected chi connectivity index (χ4v) is 1.91. The van der Waals surface area contributed by atoms with Crippen LogP contribution in [0.3, 0.4) is 0 Å². The predicted octanol–water partition coefficient (Wildman–Crippen LogP) is 1.52. The molecular weight excluding hydrogens is 162 g/mol. The monoisotopic (exact) mass is 177 g/mol. The van der Waals surface area contributed by atoms with Crippen molar-refractivity contribution in [1.82, 2.24) is 5.32 Å². The summed E-state index contributed by atoms with van der Waals surface area (Å²) in [6, 6.07) is 6.59. The molecule has 1 aliphatic heterocycles. The van der Waals surface area contributed by atoms with Crippen molar-refractivity contribution in [1.29, 1.82) is 0 Å². The standard InChI is InChI=1S/C11H15NO/c1-8-3-2-4-9(7-13)11(8)10-5-6-12-10/h2-4,10,12-13H,5-7H2,1H3. The average molecular weight is 177 g/mol. The zero-order valence-corrected chi connectivity index (χ0v) is 7.88. The number of aliphatic hydroxyl groups excluding tert-OH is 1. The van der Waals surface area contributed by atoms with Gasteiger partial charge in [0.15, 0.2) is 0 Å². The molecule has 0 amide bonds. The quantitative estimate of drug-likeness (QED) is 0.718. The molecular formula is C11H15NO. The maximum absolute atomic E-state index is 9.18. The average Bonchev–Trinajstić information content (AvgIpc) is 2.05. The molecule has 0 aromatic heterocycles. The van der Waals surface area contributed by atoms with Crippen molar-refractivity contribution < 1.29 is 5.11 Å². The molecule has 1 atom stereocenters. The van der Waals surface area contributed by atoms with Crippen molar-refractivity contribution in [3.05, 3.63) is 34.9 Å². The zero-order chi connectivity index (χ0) is 9.26. The van der Waals surface area contributed by atoms with Crippen molar-refractivity contribution in [3.63, 3.8) is 0 Å². The van der Waals surface area contributed by atoms with E-state index in [-0.39, 0.29) is 6.61 Å². The fourth-order valence-electron chi connectivity index (χ4n) is 1.91. The van der Waals surface area contributed by atoms with E-state index in [1.807, 2.05) is 12.1 Å². The third-order valence-corrected chi connectivity index (χ3v) is 2.76. The van der Waals surface area contributed by atoms with Gasteiger partial charge in [-0.25, -0.2) is 0 Å². The highest BCUT2D eigenvalue weighted by Crippen LogP contribution is 2.28. The summed E-state index contributed by atoms with van der Waals surface area (Å²) in [5.41, 5.74) is 3.65. The van der Waals surface area contributed by atoms with Crippen LogP contribution in [0.25, 0.3) is 0 Å². The Labute approximate surface area is 78.6 Å². The van der Waals surface area contributed by atoms with Gasteiger partial charge in [0.1, 0.15) is 0 Å². The molecule has 0 spiro atoms. The lowest BCUT2D eigenvalue weighted by molar-refractivity contribution is 0.275. The number of nitrogens with one attached hydrogen (secondary N) is 1. The van der Waals surface area contributed by atoms with Gasteiger partial charge in [0, 0.05) is 6.04 Å². The van der Waals surface area contributed by atoms with Crippen molar-refractivity contribution in [3.8, 4) is 0 Å². The van der Waals surface area contributed by atoms with Crippen LogP contribution in [0.2, 0.25) is 0 Å². The number of rotatable bonds is 2. The first-order valence-electron chi connectivity index (χ1n) is 4.75. The first kappa shape index (κ1) is 8.73. The minimum absolute atomic E-state index is 0.148. The lowest BCUT2D eigenvalue weighted by atomic mass is 9.90. The largest absolute Gasteiger partial charge is 0.392 e. The summed E-state index contributed by atoms with van der Waals surface area (Å²) in [6.45, 7) is 3.35. The highest BCUT2D eigenvalue weighted by atomic mass is 16.3. The number of benzene rings is 1. The van der Waals surface area contributed by atoms with Crippen LogP contribution in [-0.4, -0.2) is 11.7 Å². The minimum Gasteiger partial charge on any atom is -0.392 e. The Kier molecular flexibility index (Phi) is 2.34. The van der Waals surface area contributed by atoms with E-state index in [0.29, 0.717) is 6.04 Å². The summed E-state index contributed by atoms with van der Waals surface area (Å²) in [6.07, 6.45) is 1.19. The summed E-state index contributed by atoms with van der Waals surface area (Å²) >= 11 is 0. The Morgan fingerprint density at radius 3 is 2.85 bits per heavy atom. The zero-order valence-electron chi connectivity index (χ0n) is 7.88. The van der Waals surface area contributed by atoms with Crippen molar-refractivity contribution in [2.45, 2.75) is 26.0 Å². The molecule has 1 unspecified atom stereocenters. The first-order valence-corrected chi connectivity index (χ1v) is 4.75. The van der Waals surface area contributed by atoms with Crippen molar-refractivity contribution >= 4 is 0 Å². The van der Waals surface area contributed by atoms with Crippen molar-refractivity contribution in [2.24, 2.45) is 0 Å². The van der Waals surface area contributed by atoms with Gasteiger partial charge in [-0.05, 0) is 36.6 Å². The van der Waals surface area contributed by atoms with Crippen LogP contribution in [0, 0.1) is 6.92 Å². The third-order valence-electron chi connectivity index (χ3n) is 2.76. The Balaban J connectivity index is 2.39. The minimum atomic E-state index is 0.148. The topological polar surface area (TPSA) is 32.3 Å². The molecule has 0 saturated carbocycles. The van der Waals surface area contributed by atoms with E-state index < -0.39 is 0 Å². The van der Waals surface area contributed by atoms with Gasteiger partial charge in [-0.1, -0.05) is 18.2 Å². The summed E-state index contributed by atoms with van der Waals surface area (Å²) < 4.78 is 0. The van der Waals surface area contributed by atoms with Crippen LogP contribution in [0.1, 0.15) is 29.2 Å². The van der Waals surface area contributed by atoms with Gasteiger partial charge in [0.05, 0.1) is 6.61 Å². The van der Waals surface area contributed by atoms with Gasteiger partial charge in [0.2, 0.25) is 0 Å². The molecule has 0 bridgehead atoms. The summed E-state index contributed by atoms with van der Waals surface area (Å²) in [5.74, 6) is 0. The third kappa shape index (κ3) is 1.47. The summed E-state index contributed by atoms with van der Waals surface area (Å²) in [7, 11) is 0. The molecule has 1 aliphatic rings. The second kappa shape index (κ2) is 3.48. The Hall–Kier alpha value is -0.860. The van der Waals surface area contributed by atoms with Gasteiger partial charge < -0.3 is 10.4 Å². The van der Waals surface area contributed by atoms with E-state index in [4.69, 9.17) is 0 Å². The Morgan fingerprint density at radius 1 is 1.54 bits per heavy atom. The molecule has 1 aromatic rings. The molecule has 2 nitrogen and oxygen atoms in total. The molecule has 0 radical (unpaired) electrons. The number of hydrogen-bond acceptors (Lipinski definition) is 2. The highest BCUT2D eigenvalue weighted by Gasteiger charge is 2.22. The van der Waals surface area contributed by atoms with Gasteiger partial charge >= 0.3 is 0 Å². The molecule has 70 valence electrons. The van der Waals surface area contributed by atoms with E-state index in [2.05, 4.69) is 18.3 Å². The van der Waals surface area contributed by atoms with E-state index >= 15 is 0 Å². The smallest absolute Gasteiger partial charge is 0.0685 e. The van der Waals surface area contributed by atoms with E-state index in [9.17, 15) is 5.11 Å². The molecule has 1 saturated heterocycles. The second-order valence-corrected chi connectivity index (χ2v) is 3.60. The lowest BCUT2D eigenvalue weighted by Gasteiger charge is -2.31. The fraction of sp³-hybridized carbons (Fsp3) is 0.455. The highest BCUT2D eigenvalue weighted by molar-refractivity contribution is 5.37. The number of aliphatic hydroxyl groups is 1. The van der Waals surface area contributed by atoms with Crippen LogP contribution in [0.5, 0.6) is 0 Å². The number of hydrogen-bond donors (Lipinski definition) is 2. The molecule has 2 heteroatoms. The maximum Gasteiger partial charge on any atom is 0.0685 e. The Morgan fingerprint density at radius 2 is 2.31 bits per heavy atom. The van der Waals surface area contributed by atoms with Crippen LogP contribution in [-0.2, 0) is 6.61 Å². The molecule has 1 aromatic carbocycles. The summed E-state index contributed by atoms with van der Waals surface area (Å²) in [5, 5.41) is 12.5. The predicted molar refractivity (Wildman–Crippen MR) is 52.5 cm³/mol. The molecule has 1 fully saturated rings. The normalized spacial score (nSPS) is 21.2. The van der Waals surface area contributed by atoms with Crippen molar-refractivity contribution in [2.75, 3.05) is 6.54 Å². The lowest BCUT2D eigenvalue weighted by Crippen LogP contribution is -2.36. The second-order valence-electron chi connectivity index (χ2n) is 3.60. The van der Waals surface area contributed by atoms with Gasteiger partial charge in [-0.2, -0.15) is 0 Å². The van der Waals surface area contributed by atoms with Gasteiger partial charge in [-0.15, -0.1) is 0 Å². The van der Waals surface area contributed by atoms with E-state index in [1.54, 1.807) is 0 Å².